The summed E-state index contributed by atoms with van der Waals surface area (Å²) < 4.78 is 11.2. The first-order chi connectivity index (χ1) is 13.2. The molecular formula is C22H26N2O3. The highest BCUT2D eigenvalue weighted by Gasteiger charge is 2.30. The lowest BCUT2D eigenvalue weighted by molar-refractivity contribution is -0.122. The lowest BCUT2D eigenvalue weighted by atomic mass is 9.95. The fourth-order valence-electron chi connectivity index (χ4n) is 3.96. The minimum absolute atomic E-state index is 0.00743. The van der Waals surface area contributed by atoms with Crippen molar-refractivity contribution in [1.82, 2.24) is 4.90 Å². The van der Waals surface area contributed by atoms with Crippen LogP contribution in [0, 0.1) is 5.92 Å². The standard InChI is InChI=1S/C22H26N2O3/c1-16-6-5-11-24(15-16)21(17-7-3-2-4-8-17)22(25)23-18-9-10-19-20(14-18)27-13-12-26-19/h2-4,7-10,14,16,21H,5-6,11-13,15H2,1H3,(H,23,25)/t16-,21+/m0/s1. The zero-order valence-corrected chi connectivity index (χ0v) is 15.7. The third-order valence-corrected chi connectivity index (χ3v) is 5.23. The van der Waals surface area contributed by atoms with Crippen LogP contribution in [0.3, 0.4) is 0 Å². The summed E-state index contributed by atoms with van der Waals surface area (Å²) in [6.07, 6.45) is 2.35. The summed E-state index contributed by atoms with van der Waals surface area (Å²) >= 11 is 0. The minimum Gasteiger partial charge on any atom is -0.486 e. The van der Waals surface area contributed by atoms with Gasteiger partial charge in [0, 0.05) is 18.3 Å². The Labute approximate surface area is 160 Å². The highest BCUT2D eigenvalue weighted by molar-refractivity contribution is 5.95. The molecular weight excluding hydrogens is 340 g/mol. The van der Waals surface area contributed by atoms with E-state index in [0.29, 0.717) is 24.9 Å². The highest BCUT2D eigenvalue weighted by atomic mass is 16.6. The number of hydrogen-bond donors (Lipinski definition) is 1. The number of amides is 1. The number of ether oxygens (including phenoxy) is 2. The van der Waals surface area contributed by atoms with Crippen molar-refractivity contribution < 1.29 is 14.3 Å². The summed E-state index contributed by atoms with van der Waals surface area (Å²) in [5, 5.41) is 3.09. The Hall–Kier alpha value is -2.53. The number of hydrogen-bond acceptors (Lipinski definition) is 4. The summed E-state index contributed by atoms with van der Waals surface area (Å²) in [6.45, 7) is 5.23. The quantitative estimate of drug-likeness (QED) is 0.892. The summed E-state index contributed by atoms with van der Waals surface area (Å²) in [4.78, 5) is 15.6. The van der Waals surface area contributed by atoms with Gasteiger partial charge in [0.05, 0.1) is 0 Å². The van der Waals surface area contributed by atoms with E-state index in [1.54, 1.807) is 0 Å². The van der Waals surface area contributed by atoms with E-state index in [4.69, 9.17) is 9.47 Å². The zero-order valence-electron chi connectivity index (χ0n) is 15.7. The predicted molar refractivity (Wildman–Crippen MR) is 105 cm³/mol. The van der Waals surface area contributed by atoms with Crippen molar-refractivity contribution in [3.8, 4) is 11.5 Å². The van der Waals surface area contributed by atoms with Crippen LogP contribution < -0.4 is 14.8 Å². The number of likely N-dealkylation sites (tertiary alicyclic amines) is 1. The molecule has 5 heteroatoms. The Morgan fingerprint density at radius 1 is 1.11 bits per heavy atom. The molecule has 0 spiro atoms. The Bertz CT molecular complexity index is 793. The second-order valence-electron chi connectivity index (χ2n) is 7.40. The van der Waals surface area contributed by atoms with Crippen LogP contribution in [-0.2, 0) is 4.79 Å². The first-order valence-corrected chi connectivity index (χ1v) is 9.70. The second kappa shape index (κ2) is 8.01. The molecule has 1 saturated heterocycles. The number of carbonyl (C=O) groups is 1. The molecule has 2 aliphatic rings. The molecule has 2 aliphatic heterocycles. The number of rotatable bonds is 4. The molecule has 2 aromatic rings. The van der Waals surface area contributed by atoms with E-state index in [2.05, 4.69) is 17.1 Å². The molecule has 1 fully saturated rings. The van der Waals surface area contributed by atoms with Crippen molar-refractivity contribution in [2.75, 3.05) is 31.6 Å². The third kappa shape index (κ3) is 4.08. The van der Waals surface area contributed by atoms with Gasteiger partial charge in [-0.05, 0) is 43.0 Å². The van der Waals surface area contributed by atoms with Gasteiger partial charge in [0.15, 0.2) is 11.5 Å². The molecule has 1 amide bonds. The topological polar surface area (TPSA) is 50.8 Å². The smallest absolute Gasteiger partial charge is 0.246 e. The van der Waals surface area contributed by atoms with Crippen molar-refractivity contribution in [3.63, 3.8) is 0 Å². The number of fused-ring (bicyclic) bond motifs is 1. The normalized spacial score (nSPS) is 20.7. The van der Waals surface area contributed by atoms with Gasteiger partial charge in [-0.3, -0.25) is 9.69 Å². The molecule has 2 heterocycles. The molecule has 1 N–H and O–H groups in total. The largest absolute Gasteiger partial charge is 0.486 e. The van der Waals surface area contributed by atoms with Crippen molar-refractivity contribution in [3.05, 3.63) is 54.1 Å². The Morgan fingerprint density at radius 3 is 2.67 bits per heavy atom. The van der Waals surface area contributed by atoms with E-state index < -0.39 is 0 Å². The molecule has 0 aliphatic carbocycles. The van der Waals surface area contributed by atoms with Crippen molar-refractivity contribution in [2.24, 2.45) is 5.92 Å². The van der Waals surface area contributed by atoms with E-state index in [9.17, 15) is 4.79 Å². The maximum atomic E-state index is 13.3. The zero-order chi connectivity index (χ0) is 18.6. The monoisotopic (exact) mass is 366 g/mol. The molecule has 142 valence electrons. The van der Waals surface area contributed by atoms with Crippen molar-refractivity contribution in [1.29, 1.82) is 0 Å². The highest BCUT2D eigenvalue weighted by Crippen LogP contribution is 2.34. The van der Waals surface area contributed by atoms with E-state index in [1.807, 2.05) is 48.5 Å². The average Bonchev–Trinajstić information content (AvgIpc) is 2.69. The maximum absolute atomic E-state index is 13.3. The van der Waals surface area contributed by atoms with Gasteiger partial charge in [0.2, 0.25) is 5.91 Å². The molecule has 2 aromatic carbocycles. The van der Waals surface area contributed by atoms with Gasteiger partial charge < -0.3 is 14.8 Å². The number of benzene rings is 2. The van der Waals surface area contributed by atoms with Crippen LogP contribution in [0.2, 0.25) is 0 Å². The van der Waals surface area contributed by atoms with E-state index >= 15 is 0 Å². The van der Waals surface area contributed by atoms with Crippen LogP contribution in [-0.4, -0.2) is 37.1 Å². The van der Waals surface area contributed by atoms with Gasteiger partial charge in [-0.1, -0.05) is 37.3 Å². The van der Waals surface area contributed by atoms with Crippen LogP contribution in [0.15, 0.2) is 48.5 Å². The van der Waals surface area contributed by atoms with Gasteiger partial charge in [-0.2, -0.15) is 0 Å². The van der Waals surface area contributed by atoms with Crippen LogP contribution in [0.25, 0.3) is 0 Å². The number of carbonyl (C=O) groups excluding carboxylic acids is 1. The second-order valence-corrected chi connectivity index (χ2v) is 7.40. The fourth-order valence-corrected chi connectivity index (χ4v) is 3.96. The fraction of sp³-hybridized carbons (Fsp3) is 0.409. The Balaban J connectivity index is 1.57. The molecule has 0 saturated carbocycles. The maximum Gasteiger partial charge on any atom is 0.246 e. The third-order valence-electron chi connectivity index (χ3n) is 5.23. The number of piperidine rings is 1. The SMILES string of the molecule is C[C@H]1CCCN([C@@H](C(=O)Nc2ccc3c(c2)OCCO3)c2ccccc2)C1. The molecule has 0 bridgehead atoms. The molecule has 0 aromatic heterocycles. The van der Waals surface area contributed by atoms with Crippen LogP contribution in [0.1, 0.15) is 31.4 Å². The summed E-state index contributed by atoms with van der Waals surface area (Å²) in [6, 6.07) is 15.3. The lowest BCUT2D eigenvalue weighted by Crippen LogP contribution is -2.42. The van der Waals surface area contributed by atoms with Crippen molar-refractivity contribution >= 4 is 11.6 Å². The number of nitrogens with zero attached hydrogens (tertiary/aromatic N) is 1. The number of nitrogens with one attached hydrogen (secondary N) is 1. The summed E-state index contributed by atoms with van der Waals surface area (Å²) in [5.41, 5.74) is 1.76. The first-order valence-electron chi connectivity index (χ1n) is 9.70. The van der Waals surface area contributed by atoms with Crippen LogP contribution >= 0.6 is 0 Å². The molecule has 0 radical (unpaired) electrons. The van der Waals surface area contributed by atoms with Gasteiger partial charge >= 0.3 is 0 Å². The van der Waals surface area contributed by atoms with E-state index in [1.165, 1.54) is 6.42 Å². The molecule has 5 nitrogen and oxygen atoms in total. The van der Waals surface area contributed by atoms with E-state index in [0.717, 1.165) is 36.5 Å². The van der Waals surface area contributed by atoms with Gasteiger partial charge in [-0.25, -0.2) is 0 Å². The van der Waals surface area contributed by atoms with Gasteiger partial charge in [0.1, 0.15) is 19.3 Å². The molecule has 4 rings (SSSR count). The molecule has 0 unspecified atom stereocenters. The van der Waals surface area contributed by atoms with Crippen molar-refractivity contribution in [2.45, 2.75) is 25.8 Å². The Morgan fingerprint density at radius 2 is 1.89 bits per heavy atom. The van der Waals surface area contributed by atoms with Crippen LogP contribution in [0.5, 0.6) is 11.5 Å². The molecule has 2 atom stereocenters. The van der Waals surface area contributed by atoms with Gasteiger partial charge in [-0.15, -0.1) is 0 Å². The van der Waals surface area contributed by atoms with E-state index in [-0.39, 0.29) is 11.9 Å². The van der Waals surface area contributed by atoms with Crippen LogP contribution in [0.4, 0.5) is 5.69 Å². The predicted octanol–water partition coefficient (Wildman–Crippen LogP) is 3.87. The Kier molecular flexibility index (Phi) is 5.30. The lowest BCUT2D eigenvalue weighted by Gasteiger charge is -2.36. The summed E-state index contributed by atoms with van der Waals surface area (Å²) in [5.74, 6) is 2.00. The van der Waals surface area contributed by atoms with Gasteiger partial charge in [0.25, 0.3) is 0 Å². The molecule has 27 heavy (non-hydrogen) atoms. The summed E-state index contributed by atoms with van der Waals surface area (Å²) in [7, 11) is 0. The number of anilines is 1. The first kappa shape index (κ1) is 17.9. The average molecular weight is 366 g/mol. The minimum atomic E-state index is -0.290.